The molecule has 0 bridgehead atoms. The van der Waals surface area contributed by atoms with Crippen molar-refractivity contribution in [2.24, 2.45) is 0 Å². The van der Waals surface area contributed by atoms with Crippen molar-refractivity contribution >= 4 is 28.1 Å². The van der Waals surface area contributed by atoms with Crippen LogP contribution in [0, 0.1) is 18.6 Å². The summed E-state index contributed by atoms with van der Waals surface area (Å²) in [5.74, 6) is -2.48. The van der Waals surface area contributed by atoms with Crippen molar-refractivity contribution in [1.82, 2.24) is 4.98 Å². The molecule has 0 unspecified atom stereocenters. The maximum Gasteiger partial charge on any atom is 0.260 e. The molecule has 0 aliphatic carbocycles. The van der Waals surface area contributed by atoms with Gasteiger partial charge in [0.1, 0.15) is 5.82 Å². The van der Waals surface area contributed by atoms with E-state index in [-0.39, 0.29) is 0 Å². The van der Waals surface area contributed by atoms with Gasteiger partial charge in [-0.05, 0) is 25.5 Å². The van der Waals surface area contributed by atoms with Gasteiger partial charge in [-0.3, -0.25) is 10.1 Å². The van der Waals surface area contributed by atoms with Gasteiger partial charge in [-0.15, -0.1) is 11.3 Å². The van der Waals surface area contributed by atoms with Crippen LogP contribution in [0.4, 0.5) is 19.6 Å². The third-order valence-electron chi connectivity index (χ3n) is 2.76. The van der Waals surface area contributed by atoms with Crippen molar-refractivity contribution in [1.29, 1.82) is 0 Å². The van der Waals surface area contributed by atoms with Crippen molar-refractivity contribution in [3.05, 3.63) is 39.9 Å². The lowest BCUT2D eigenvalue weighted by Gasteiger charge is -2.05. The van der Waals surface area contributed by atoms with Gasteiger partial charge in [0.2, 0.25) is 0 Å². The van der Waals surface area contributed by atoms with E-state index in [1.807, 2.05) is 13.8 Å². The summed E-state index contributed by atoms with van der Waals surface area (Å²) in [6, 6.07) is 1.64. The van der Waals surface area contributed by atoms with Crippen LogP contribution in [0.15, 0.2) is 12.1 Å². The number of nitrogens with two attached hydrogens (primary N) is 1. The number of aromatic nitrogens is 1. The lowest BCUT2D eigenvalue weighted by molar-refractivity contribution is 0.102. The van der Waals surface area contributed by atoms with Crippen LogP contribution in [0.25, 0.3) is 0 Å². The Morgan fingerprint density at radius 3 is 2.75 bits per heavy atom. The van der Waals surface area contributed by atoms with Crippen LogP contribution in [0.1, 0.15) is 27.9 Å². The number of carbonyl (C=O) groups excluding carboxylic acids is 1. The summed E-state index contributed by atoms with van der Waals surface area (Å²) in [6.45, 7) is 3.83. The Morgan fingerprint density at radius 2 is 2.15 bits per heavy atom. The Labute approximate surface area is 118 Å². The molecule has 0 aliphatic rings. The average Bonchev–Trinajstić information content (AvgIpc) is 2.73. The van der Waals surface area contributed by atoms with Crippen LogP contribution >= 0.6 is 11.3 Å². The molecule has 1 amide bonds. The molecule has 0 spiro atoms. The van der Waals surface area contributed by atoms with Gasteiger partial charge in [0.05, 0.1) is 16.9 Å². The molecule has 106 valence electrons. The molecule has 3 N–H and O–H groups in total. The van der Waals surface area contributed by atoms with Crippen LogP contribution in [0.2, 0.25) is 0 Å². The SMILES string of the molecule is CCc1nc(NC(=O)c2cc(F)cc(N)c2F)sc1C. The first kappa shape index (κ1) is 14.4. The fourth-order valence-corrected chi connectivity index (χ4v) is 2.65. The highest BCUT2D eigenvalue weighted by Gasteiger charge is 2.18. The van der Waals surface area contributed by atoms with Gasteiger partial charge in [-0.1, -0.05) is 6.92 Å². The summed E-state index contributed by atoms with van der Waals surface area (Å²) >= 11 is 1.29. The Kier molecular flexibility index (Phi) is 3.99. The van der Waals surface area contributed by atoms with Gasteiger partial charge in [0.15, 0.2) is 10.9 Å². The number of benzene rings is 1. The van der Waals surface area contributed by atoms with Gasteiger partial charge in [0.25, 0.3) is 5.91 Å². The zero-order valence-corrected chi connectivity index (χ0v) is 11.8. The number of aryl methyl sites for hydroxylation is 2. The molecular formula is C13H13F2N3OS. The number of hydrogen-bond donors (Lipinski definition) is 2. The Morgan fingerprint density at radius 1 is 1.45 bits per heavy atom. The second kappa shape index (κ2) is 5.54. The molecule has 2 rings (SSSR count). The van der Waals surface area contributed by atoms with E-state index in [1.165, 1.54) is 11.3 Å². The topological polar surface area (TPSA) is 68.0 Å². The fraction of sp³-hybridized carbons (Fsp3) is 0.231. The smallest absolute Gasteiger partial charge is 0.260 e. The molecule has 2 aromatic rings. The second-order valence-corrected chi connectivity index (χ2v) is 5.39. The quantitative estimate of drug-likeness (QED) is 0.855. The van der Waals surface area contributed by atoms with Crippen molar-refractivity contribution in [3.8, 4) is 0 Å². The molecule has 0 saturated heterocycles. The lowest BCUT2D eigenvalue weighted by Crippen LogP contribution is -2.15. The number of carbonyl (C=O) groups is 1. The van der Waals surface area contributed by atoms with Crippen molar-refractivity contribution in [2.75, 3.05) is 11.1 Å². The minimum atomic E-state index is -0.937. The minimum Gasteiger partial charge on any atom is -0.396 e. The third kappa shape index (κ3) is 2.77. The number of halogens is 2. The number of anilines is 2. The van der Waals surface area contributed by atoms with E-state index >= 15 is 0 Å². The predicted octanol–water partition coefficient (Wildman–Crippen LogP) is 3.13. The molecule has 0 atom stereocenters. The predicted molar refractivity (Wildman–Crippen MR) is 75.0 cm³/mol. The molecule has 0 fully saturated rings. The van der Waals surface area contributed by atoms with E-state index in [0.29, 0.717) is 5.13 Å². The monoisotopic (exact) mass is 297 g/mol. The number of nitrogens with zero attached hydrogens (tertiary/aromatic N) is 1. The molecule has 1 aromatic heterocycles. The van der Waals surface area contributed by atoms with Crippen molar-refractivity contribution in [3.63, 3.8) is 0 Å². The Hall–Kier alpha value is -2.02. The molecule has 1 aromatic carbocycles. The van der Waals surface area contributed by atoms with Crippen LogP contribution in [0.5, 0.6) is 0 Å². The van der Waals surface area contributed by atoms with E-state index in [4.69, 9.17) is 5.73 Å². The normalized spacial score (nSPS) is 10.6. The molecule has 1 heterocycles. The van der Waals surface area contributed by atoms with Gasteiger partial charge >= 0.3 is 0 Å². The summed E-state index contributed by atoms with van der Waals surface area (Å²) in [6.07, 6.45) is 0.736. The van der Waals surface area contributed by atoms with Crippen LogP contribution in [-0.4, -0.2) is 10.9 Å². The van der Waals surface area contributed by atoms with E-state index in [1.54, 1.807) is 0 Å². The summed E-state index contributed by atoms with van der Waals surface area (Å²) in [5, 5.41) is 2.81. The zero-order valence-electron chi connectivity index (χ0n) is 11.0. The average molecular weight is 297 g/mol. The van der Waals surface area contributed by atoms with Crippen LogP contribution < -0.4 is 11.1 Å². The standard InChI is InChI=1S/C13H13F2N3OS/c1-3-10-6(2)20-13(17-10)18-12(19)8-4-7(14)5-9(16)11(8)15/h4-5H,3,16H2,1-2H3,(H,17,18,19). The largest absolute Gasteiger partial charge is 0.396 e. The van der Waals surface area contributed by atoms with Gasteiger partial charge in [0, 0.05) is 4.88 Å². The highest BCUT2D eigenvalue weighted by molar-refractivity contribution is 7.15. The number of amides is 1. The molecule has 0 saturated carbocycles. The first-order valence-electron chi connectivity index (χ1n) is 5.94. The number of nitrogen functional groups attached to an aromatic ring is 1. The zero-order chi connectivity index (χ0) is 14.9. The highest BCUT2D eigenvalue weighted by atomic mass is 32.1. The molecular weight excluding hydrogens is 284 g/mol. The minimum absolute atomic E-state index is 0.353. The van der Waals surface area contributed by atoms with Crippen LogP contribution in [0.3, 0.4) is 0 Å². The summed E-state index contributed by atoms with van der Waals surface area (Å²) < 4.78 is 26.9. The van der Waals surface area contributed by atoms with Crippen molar-refractivity contribution in [2.45, 2.75) is 20.3 Å². The molecule has 7 heteroatoms. The first-order chi connectivity index (χ1) is 9.42. The number of thiazole rings is 1. The molecule has 0 aliphatic heterocycles. The second-order valence-electron chi connectivity index (χ2n) is 4.19. The summed E-state index contributed by atoms with van der Waals surface area (Å²) in [4.78, 5) is 17.1. The number of nitrogens with one attached hydrogen (secondary N) is 1. The highest BCUT2D eigenvalue weighted by Crippen LogP contribution is 2.24. The third-order valence-corrected chi connectivity index (χ3v) is 3.69. The molecule has 0 radical (unpaired) electrons. The maximum atomic E-state index is 13.7. The Bertz CT molecular complexity index is 670. The van der Waals surface area contributed by atoms with E-state index in [0.717, 1.165) is 29.1 Å². The maximum absolute atomic E-state index is 13.7. The summed E-state index contributed by atoms with van der Waals surface area (Å²) in [7, 11) is 0. The van der Waals surface area contributed by atoms with Gasteiger partial charge in [-0.25, -0.2) is 13.8 Å². The Balaban J connectivity index is 2.28. The molecule has 20 heavy (non-hydrogen) atoms. The lowest BCUT2D eigenvalue weighted by atomic mass is 10.1. The van der Waals surface area contributed by atoms with Crippen LogP contribution in [-0.2, 0) is 6.42 Å². The fourth-order valence-electron chi connectivity index (χ4n) is 1.75. The summed E-state index contributed by atoms with van der Waals surface area (Å²) in [5.41, 5.74) is 5.32. The number of rotatable bonds is 3. The van der Waals surface area contributed by atoms with Gasteiger partial charge in [-0.2, -0.15) is 0 Å². The van der Waals surface area contributed by atoms with E-state index in [9.17, 15) is 13.6 Å². The van der Waals surface area contributed by atoms with E-state index < -0.39 is 28.8 Å². The van der Waals surface area contributed by atoms with E-state index in [2.05, 4.69) is 10.3 Å². The number of hydrogen-bond acceptors (Lipinski definition) is 4. The molecule has 4 nitrogen and oxygen atoms in total. The van der Waals surface area contributed by atoms with Crippen molar-refractivity contribution < 1.29 is 13.6 Å². The first-order valence-corrected chi connectivity index (χ1v) is 6.76. The van der Waals surface area contributed by atoms with Gasteiger partial charge < -0.3 is 5.73 Å².